The van der Waals surface area contributed by atoms with E-state index < -0.39 is 0 Å². The quantitative estimate of drug-likeness (QED) is 0.707. The third kappa shape index (κ3) is 5.91. The fraction of sp³-hybridized carbons (Fsp3) is 0.600. The summed E-state index contributed by atoms with van der Waals surface area (Å²) < 4.78 is 10.4. The summed E-state index contributed by atoms with van der Waals surface area (Å²) in [5.74, 6) is 0.348. The van der Waals surface area contributed by atoms with Crippen LogP contribution in [0.4, 0.5) is 0 Å². The number of hydrogen-bond donors (Lipinski definition) is 1. The Morgan fingerprint density at radius 2 is 2.00 bits per heavy atom. The number of rotatable bonds is 9. The summed E-state index contributed by atoms with van der Waals surface area (Å²) >= 11 is 6.29. The Bertz CT molecular complexity index is 360. The predicted octanol–water partition coefficient (Wildman–Crippen LogP) is 3.08. The Morgan fingerprint density at radius 1 is 1.26 bits per heavy atom. The van der Waals surface area contributed by atoms with Crippen molar-refractivity contribution < 1.29 is 9.47 Å². The smallest absolute Gasteiger partial charge is 0.0587 e. The van der Waals surface area contributed by atoms with Gasteiger partial charge in [-0.1, -0.05) is 29.8 Å². The molecule has 0 aliphatic heterocycles. The van der Waals surface area contributed by atoms with E-state index in [2.05, 4.69) is 18.3 Å². The topological polar surface area (TPSA) is 30.5 Å². The van der Waals surface area contributed by atoms with E-state index >= 15 is 0 Å². The Kier molecular flexibility index (Phi) is 8.07. The molecular weight excluding hydrogens is 262 g/mol. The van der Waals surface area contributed by atoms with Gasteiger partial charge in [0.2, 0.25) is 0 Å². The first-order valence-electron chi connectivity index (χ1n) is 6.66. The highest BCUT2D eigenvalue weighted by molar-refractivity contribution is 6.31. The molecule has 1 N–H and O–H groups in total. The third-order valence-electron chi connectivity index (χ3n) is 3.24. The molecule has 0 aliphatic rings. The van der Waals surface area contributed by atoms with Crippen LogP contribution >= 0.6 is 11.6 Å². The van der Waals surface area contributed by atoms with Crippen molar-refractivity contribution >= 4 is 11.6 Å². The number of methoxy groups -OCH3 is 2. The molecule has 4 heteroatoms. The molecule has 2 unspecified atom stereocenters. The van der Waals surface area contributed by atoms with Crippen molar-refractivity contribution in [3.8, 4) is 0 Å². The fourth-order valence-corrected chi connectivity index (χ4v) is 2.36. The van der Waals surface area contributed by atoms with Crippen LogP contribution in [0.15, 0.2) is 24.3 Å². The highest BCUT2D eigenvalue weighted by Gasteiger charge is 2.17. The molecule has 19 heavy (non-hydrogen) atoms. The summed E-state index contributed by atoms with van der Waals surface area (Å²) in [5.41, 5.74) is 1.18. The van der Waals surface area contributed by atoms with Crippen LogP contribution in [0.3, 0.4) is 0 Å². The van der Waals surface area contributed by atoms with E-state index in [1.807, 2.05) is 18.2 Å². The first-order chi connectivity index (χ1) is 9.19. The maximum atomic E-state index is 6.29. The molecule has 1 aromatic carbocycles. The summed E-state index contributed by atoms with van der Waals surface area (Å²) in [5, 5.41) is 4.23. The molecule has 2 atom stereocenters. The Balaban J connectivity index is 2.66. The van der Waals surface area contributed by atoms with Gasteiger partial charge in [0, 0.05) is 38.2 Å². The standard InChI is InChI=1S/C15H24ClNO2/c1-12(19-3)10-13(11-17-8-9-18-2)14-6-4-5-7-15(14)16/h4-7,12-13,17H,8-11H2,1-3H3. The van der Waals surface area contributed by atoms with Crippen LogP contribution in [-0.4, -0.2) is 40.0 Å². The molecule has 3 nitrogen and oxygen atoms in total. The second kappa shape index (κ2) is 9.32. The SMILES string of the molecule is COCCNCC(CC(C)OC)c1ccccc1Cl. The van der Waals surface area contributed by atoms with Gasteiger partial charge in [-0.2, -0.15) is 0 Å². The highest BCUT2D eigenvalue weighted by Crippen LogP contribution is 2.28. The lowest BCUT2D eigenvalue weighted by molar-refractivity contribution is 0.103. The summed E-state index contributed by atoms with van der Waals surface area (Å²) in [6.07, 6.45) is 1.16. The van der Waals surface area contributed by atoms with E-state index in [4.69, 9.17) is 21.1 Å². The van der Waals surface area contributed by atoms with Gasteiger partial charge in [0.1, 0.15) is 0 Å². The van der Waals surface area contributed by atoms with E-state index in [0.29, 0.717) is 5.92 Å². The number of nitrogens with one attached hydrogen (secondary N) is 1. The Labute approximate surface area is 121 Å². The second-order valence-corrected chi connectivity index (χ2v) is 5.10. The van der Waals surface area contributed by atoms with Crippen LogP contribution in [0.1, 0.15) is 24.8 Å². The van der Waals surface area contributed by atoms with Crippen LogP contribution < -0.4 is 5.32 Å². The van der Waals surface area contributed by atoms with E-state index in [1.54, 1.807) is 14.2 Å². The van der Waals surface area contributed by atoms with Gasteiger partial charge in [0.05, 0.1) is 12.7 Å². The molecule has 0 saturated carbocycles. The van der Waals surface area contributed by atoms with Crippen LogP contribution in [0, 0.1) is 0 Å². The zero-order valence-corrected chi connectivity index (χ0v) is 12.7. The Hall–Kier alpha value is -0.610. The largest absolute Gasteiger partial charge is 0.383 e. The van der Waals surface area contributed by atoms with Gasteiger partial charge in [0.15, 0.2) is 0 Å². The second-order valence-electron chi connectivity index (χ2n) is 4.70. The van der Waals surface area contributed by atoms with E-state index in [9.17, 15) is 0 Å². The van der Waals surface area contributed by atoms with Crippen LogP contribution in [0.25, 0.3) is 0 Å². The molecule has 0 radical (unpaired) electrons. The average Bonchev–Trinajstić information content (AvgIpc) is 2.42. The van der Waals surface area contributed by atoms with Gasteiger partial charge in [-0.25, -0.2) is 0 Å². The lowest BCUT2D eigenvalue weighted by Crippen LogP contribution is -2.27. The lowest BCUT2D eigenvalue weighted by Gasteiger charge is -2.22. The molecular formula is C15H24ClNO2. The summed E-state index contributed by atoms with van der Waals surface area (Å²) in [6.45, 7) is 4.52. The zero-order chi connectivity index (χ0) is 14.1. The summed E-state index contributed by atoms with van der Waals surface area (Å²) in [7, 11) is 3.45. The van der Waals surface area contributed by atoms with Crippen molar-refractivity contribution in [2.75, 3.05) is 33.9 Å². The third-order valence-corrected chi connectivity index (χ3v) is 3.58. The molecule has 0 saturated heterocycles. The molecule has 0 amide bonds. The minimum atomic E-state index is 0.213. The maximum Gasteiger partial charge on any atom is 0.0587 e. The predicted molar refractivity (Wildman–Crippen MR) is 80.0 cm³/mol. The lowest BCUT2D eigenvalue weighted by atomic mass is 9.93. The normalized spacial score (nSPS) is 14.3. The molecule has 1 rings (SSSR count). The summed E-state index contributed by atoms with van der Waals surface area (Å²) in [6, 6.07) is 8.02. The highest BCUT2D eigenvalue weighted by atomic mass is 35.5. The first-order valence-corrected chi connectivity index (χ1v) is 7.03. The van der Waals surface area contributed by atoms with Crippen molar-refractivity contribution in [2.45, 2.75) is 25.4 Å². The molecule has 108 valence electrons. The van der Waals surface area contributed by atoms with Crippen molar-refractivity contribution in [1.82, 2.24) is 5.32 Å². The minimum Gasteiger partial charge on any atom is -0.383 e. The molecule has 0 spiro atoms. The molecule has 0 bridgehead atoms. The number of ether oxygens (including phenoxy) is 2. The van der Waals surface area contributed by atoms with Gasteiger partial charge >= 0.3 is 0 Å². The number of hydrogen-bond acceptors (Lipinski definition) is 3. The molecule has 1 aromatic rings. The van der Waals surface area contributed by atoms with Crippen molar-refractivity contribution in [3.05, 3.63) is 34.9 Å². The Morgan fingerprint density at radius 3 is 2.63 bits per heavy atom. The van der Waals surface area contributed by atoms with Crippen LogP contribution in [0.5, 0.6) is 0 Å². The maximum absolute atomic E-state index is 6.29. The number of halogens is 1. The van der Waals surface area contributed by atoms with Gasteiger partial charge in [-0.15, -0.1) is 0 Å². The zero-order valence-electron chi connectivity index (χ0n) is 12.0. The van der Waals surface area contributed by atoms with E-state index in [-0.39, 0.29) is 6.10 Å². The van der Waals surface area contributed by atoms with E-state index in [0.717, 1.165) is 31.1 Å². The van der Waals surface area contributed by atoms with Gasteiger partial charge in [-0.05, 0) is 25.0 Å². The van der Waals surface area contributed by atoms with Gasteiger partial charge in [0.25, 0.3) is 0 Å². The summed E-state index contributed by atoms with van der Waals surface area (Å²) in [4.78, 5) is 0. The van der Waals surface area contributed by atoms with Gasteiger partial charge < -0.3 is 14.8 Å². The monoisotopic (exact) mass is 285 g/mol. The van der Waals surface area contributed by atoms with Crippen molar-refractivity contribution in [1.29, 1.82) is 0 Å². The molecule has 0 heterocycles. The van der Waals surface area contributed by atoms with Crippen LogP contribution in [0.2, 0.25) is 5.02 Å². The van der Waals surface area contributed by atoms with Crippen LogP contribution in [-0.2, 0) is 9.47 Å². The van der Waals surface area contributed by atoms with Crippen molar-refractivity contribution in [2.24, 2.45) is 0 Å². The number of benzene rings is 1. The average molecular weight is 286 g/mol. The molecule has 0 aromatic heterocycles. The molecule has 0 aliphatic carbocycles. The van der Waals surface area contributed by atoms with Crippen molar-refractivity contribution in [3.63, 3.8) is 0 Å². The fourth-order valence-electron chi connectivity index (χ4n) is 2.07. The van der Waals surface area contributed by atoms with E-state index in [1.165, 1.54) is 5.56 Å². The molecule has 0 fully saturated rings. The van der Waals surface area contributed by atoms with Gasteiger partial charge in [-0.3, -0.25) is 0 Å². The minimum absolute atomic E-state index is 0.213. The first kappa shape index (κ1) is 16.4.